The third kappa shape index (κ3) is 4.75. The van der Waals surface area contributed by atoms with Crippen molar-refractivity contribution in [1.82, 2.24) is 5.43 Å². The first kappa shape index (κ1) is 12.4. The first-order valence-electron chi connectivity index (χ1n) is 5.03. The van der Waals surface area contributed by atoms with Crippen LogP contribution in [0, 0.1) is 0 Å². The molecule has 0 aromatic heterocycles. The minimum Gasteiger partial charge on any atom is -0.494 e. The van der Waals surface area contributed by atoms with Crippen LogP contribution in [0.3, 0.4) is 0 Å². The number of hydrogen-bond acceptors (Lipinski definition) is 3. The maximum atomic E-state index is 5.49. The Balaban J connectivity index is 2.59. The van der Waals surface area contributed by atoms with Gasteiger partial charge in [-0.2, -0.15) is 5.10 Å². The van der Waals surface area contributed by atoms with Gasteiger partial charge in [-0.25, -0.2) is 0 Å². The number of nitrogens with one attached hydrogen (secondary N) is 1. The van der Waals surface area contributed by atoms with Crippen LogP contribution in [0.2, 0.25) is 0 Å². The Morgan fingerprint density at radius 3 is 3.12 bits per heavy atom. The van der Waals surface area contributed by atoms with Gasteiger partial charge in [0.25, 0.3) is 0 Å². The highest BCUT2D eigenvalue weighted by molar-refractivity contribution is 7.80. The lowest BCUT2D eigenvalue weighted by Crippen LogP contribution is -2.23. The summed E-state index contributed by atoms with van der Waals surface area (Å²) in [5.74, 6) is 0.834. The number of nitrogens with two attached hydrogens (primary N) is 1. The average Bonchev–Trinajstić information content (AvgIpc) is 2.26. The first-order valence-corrected chi connectivity index (χ1v) is 5.44. The smallest absolute Gasteiger partial charge is 0.184 e. The lowest BCUT2D eigenvalue weighted by atomic mass is 10.2. The van der Waals surface area contributed by atoms with Crippen molar-refractivity contribution in [3.8, 4) is 5.75 Å². The monoisotopic (exact) mass is 237 g/mol. The van der Waals surface area contributed by atoms with Crippen molar-refractivity contribution >= 4 is 23.5 Å². The molecule has 86 valence electrons. The lowest BCUT2D eigenvalue weighted by molar-refractivity contribution is 0.317. The molecule has 0 amide bonds. The number of benzene rings is 1. The number of hydrazone groups is 1. The molecule has 0 radical (unpaired) electrons. The summed E-state index contributed by atoms with van der Waals surface area (Å²) in [6.07, 6.45) is 2.62. The van der Waals surface area contributed by atoms with E-state index in [2.05, 4.69) is 29.7 Å². The Bertz CT molecular complexity index is 379. The molecule has 0 aliphatic heterocycles. The quantitative estimate of drug-likeness (QED) is 0.464. The SMILES string of the molecule is CCCOc1cccc(/C=N\NC(N)=S)c1. The highest BCUT2D eigenvalue weighted by atomic mass is 32.1. The van der Waals surface area contributed by atoms with Crippen molar-refractivity contribution < 1.29 is 4.74 Å². The van der Waals surface area contributed by atoms with Crippen LogP contribution < -0.4 is 15.9 Å². The second-order valence-electron chi connectivity index (χ2n) is 3.16. The van der Waals surface area contributed by atoms with Gasteiger partial charge in [-0.15, -0.1) is 0 Å². The lowest BCUT2D eigenvalue weighted by Gasteiger charge is -2.04. The molecule has 5 heteroatoms. The fourth-order valence-electron chi connectivity index (χ4n) is 1.07. The van der Waals surface area contributed by atoms with E-state index in [0.29, 0.717) is 6.61 Å². The summed E-state index contributed by atoms with van der Waals surface area (Å²) >= 11 is 4.62. The van der Waals surface area contributed by atoms with Gasteiger partial charge in [0.05, 0.1) is 12.8 Å². The van der Waals surface area contributed by atoms with Gasteiger partial charge in [-0.05, 0) is 36.3 Å². The maximum absolute atomic E-state index is 5.49. The van der Waals surface area contributed by atoms with E-state index in [1.165, 1.54) is 0 Å². The zero-order chi connectivity index (χ0) is 11.8. The number of ether oxygens (including phenoxy) is 1. The van der Waals surface area contributed by atoms with Crippen molar-refractivity contribution in [2.45, 2.75) is 13.3 Å². The van der Waals surface area contributed by atoms with E-state index in [1.54, 1.807) is 6.21 Å². The Labute approximate surface area is 100 Å². The van der Waals surface area contributed by atoms with Gasteiger partial charge in [0.15, 0.2) is 5.11 Å². The summed E-state index contributed by atoms with van der Waals surface area (Å²) in [5, 5.41) is 4.01. The van der Waals surface area contributed by atoms with E-state index in [9.17, 15) is 0 Å². The van der Waals surface area contributed by atoms with E-state index < -0.39 is 0 Å². The summed E-state index contributed by atoms with van der Waals surface area (Å²) in [6.45, 7) is 2.78. The molecular formula is C11H15N3OS. The van der Waals surface area contributed by atoms with Crippen LogP contribution in [-0.4, -0.2) is 17.9 Å². The highest BCUT2D eigenvalue weighted by Crippen LogP contribution is 2.12. The highest BCUT2D eigenvalue weighted by Gasteiger charge is 1.94. The summed E-state index contributed by atoms with van der Waals surface area (Å²) in [6, 6.07) is 7.64. The molecule has 16 heavy (non-hydrogen) atoms. The van der Waals surface area contributed by atoms with Crippen LogP contribution in [0.25, 0.3) is 0 Å². The van der Waals surface area contributed by atoms with Crippen molar-refractivity contribution in [3.63, 3.8) is 0 Å². The molecule has 0 aliphatic rings. The molecule has 3 N–H and O–H groups in total. The number of thiocarbonyl (C=S) groups is 1. The molecule has 4 nitrogen and oxygen atoms in total. The van der Waals surface area contributed by atoms with Crippen LogP contribution in [-0.2, 0) is 0 Å². The standard InChI is InChI=1S/C11H15N3OS/c1-2-6-15-10-5-3-4-9(7-10)8-13-14-11(12)16/h3-5,7-8H,2,6H2,1H3,(H3,12,14,16)/b13-8-. The van der Waals surface area contributed by atoms with Crippen LogP contribution in [0.1, 0.15) is 18.9 Å². The minimum atomic E-state index is 0.148. The third-order valence-electron chi connectivity index (χ3n) is 1.72. The van der Waals surface area contributed by atoms with Crippen LogP contribution in [0.4, 0.5) is 0 Å². The molecule has 0 saturated carbocycles. The largest absolute Gasteiger partial charge is 0.494 e. The third-order valence-corrected chi connectivity index (χ3v) is 1.81. The maximum Gasteiger partial charge on any atom is 0.184 e. The Hall–Kier alpha value is -1.62. The normalized spacial score (nSPS) is 10.3. The predicted octanol–water partition coefficient (Wildman–Crippen LogP) is 1.64. The molecular weight excluding hydrogens is 222 g/mol. The fraction of sp³-hybridized carbons (Fsp3) is 0.273. The molecule has 0 fully saturated rings. The molecule has 0 unspecified atom stereocenters. The molecule has 0 saturated heterocycles. The molecule has 1 rings (SSSR count). The number of nitrogens with zero attached hydrogens (tertiary/aromatic N) is 1. The van der Waals surface area contributed by atoms with E-state index in [4.69, 9.17) is 10.5 Å². The molecule has 1 aromatic rings. The second kappa shape index (κ2) is 6.79. The van der Waals surface area contributed by atoms with E-state index in [0.717, 1.165) is 17.7 Å². The summed E-state index contributed by atoms with van der Waals surface area (Å²) < 4.78 is 5.49. The first-order chi connectivity index (χ1) is 7.72. The molecule has 0 atom stereocenters. The van der Waals surface area contributed by atoms with Crippen LogP contribution in [0.15, 0.2) is 29.4 Å². The molecule has 0 aliphatic carbocycles. The number of hydrogen-bond donors (Lipinski definition) is 2. The van der Waals surface area contributed by atoms with E-state index in [-0.39, 0.29) is 5.11 Å². The van der Waals surface area contributed by atoms with Gasteiger partial charge in [0, 0.05) is 0 Å². The van der Waals surface area contributed by atoms with Gasteiger partial charge in [-0.3, -0.25) is 5.43 Å². The van der Waals surface area contributed by atoms with Crippen molar-refractivity contribution in [2.75, 3.05) is 6.61 Å². The molecule has 0 bridgehead atoms. The van der Waals surface area contributed by atoms with Gasteiger partial charge in [-0.1, -0.05) is 19.1 Å². The summed E-state index contributed by atoms with van der Waals surface area (Å²) in [5.41, 5.74) is 8.66. The van der Waals surface area contributed by atoms with Gasteiger partial charge in [0.1, 0.15) is 5.75 Å². The zero-order valence-electron chi connectivity index (χ0n) is 9.14. The second-order valence-corrected chi connectivity index (χ2v) is 3.60. The van der Waals surface area contributed by atoms with E-state index >= 15 is 0 Å². The van der Waals surface area contributed by atoms with Gasteiger partial charge >= 0.3 is 0 Å². The molecule has 0 spiro atoms. The van der Waals surface area contributed by atoms with Gasteiger partial charge < -0.3 is 10.5 Å². The summed E-state index contributed by atoms with van der Waals surface area (Å²) in [7, 11) is 0. The van der Waals surface area contributed by atoms with Crippen LogP contribution >= 0.6 is 12.2 Å². The minimum absolute atomic E-state index is 0.148. The van der Waals surface area contributed by atoms with Gasteiger partial charge in [0.2, 0.25) is 0 Å². The van der Waals surface area contributed by atoms with Crippen molar-refractivity contribution in [2.24, 2.45) is 10.8 Å². The molecule has 1 aromatic carbocycles. The van der Waals surface area contributed by atoms with Crippen molar-refractivity contribution in [1.29, 1.82) is 0 Å². The zero-order valence-corrected chi connectivity index (χ0v) is 9.96. The Morgan fingerprint density at radius 1 is 1.62 bits per heavy atom. The number of rotatable bonds is 5. The van der Waals surface area contributed by atoms with E-state index in [1.807, 2.05) is 24.3 Å². The average molecular weight is 237 g/mol. The van der Waals surface area contributed by atoms with Crippen molar-refractivity contribution in [3.05, 3.63) is 29.8 Å². The molecule has 0 heterocycles. The Morgan fingerprint density at radius 2 is 2.44 bits per heavy atom. The summed E-state index contributed by atoms with van der Waals surface area (Å²) in [4.78, 5) is 0. The Kier molecular flexibility index (Phi) is 5.28. The fourth-order valence-corrected chi connectivity index (χ4v) is 1.13. The topological polar surface area (TPSA) is 59.6 Å². The van der Waals surface area contributed by atoms with Crippen LogP contribution in [0.5, 0.6) is 5.75 Å². The predicted molar refractivity (Wildman–Crippen MR) is 69.7 cm³/mol.